The molecule has 120 valence electrons. The minimum Gasteiger partial charge on any atom is -0.303 e. The first-order valence-electron chi connectivity index (χ1n) is 8.96. The Labute approximate surface area is 131 Å². The highest BCUT2D eigenvalue weighted by atomic mass is 15.2. The van der Waals surface area contributed by atoms with E-state index in [2.05, 4.69) is 37.1 Å². The van der Waals surface area contributed by atoms with Crippen molar-refractivity contribution >= 4 is 0 Å². The summed E-state index contributed by atoms with van der Waals surface area (Å²) in [5, 5.41) is 12.9. The van der Waals surface area contributed by atoms with Crippen LogP contribution in [0.15, 0.2) is 0 Å². The quantitative estimate of drug-likeness (QED) is 0.658. The summed E-state index contributed by atoms with van der Waals surface area (Å²) in [7, 11) is 0. The first-order valence-corrected chi connectivity index (χ1v) is 8.96. The number of likely N-dealkylation sites (tertiary alicyclic amines) is 1. The van der Waals surface area contributed by atoms with Crippen molar-refractivity contribution in [1.29, 1.82) is 5.26 Å². The van der Waals surface area contributed by atoms with E-state index in [9.17, 15) is 5.26 Å². The van der Waals surface area contributed by atoms with Crippen molar-refractivity contribution in [3.63, 3.8) is 0 Å². The molecule has 1 aliphatic carbocycles. The van der Waals surface area contributed by atoms with E-state index in [1.54, 1.807) is 0 Å². The van der Waals surface area contributed by atoms with E-state index < -0.39 is 0 Å². The predicted molar refractivity (Wildman–Crippen MR) is 88.1 cm³/mol. The van der Waals surface area contributed by atoms with Gasteiger partial charge in [0.05, 0.1) is 6.07 Å². The van der Waals surface area contributed by atoms with E-state index in [1.165, 1.54) is 58.2 Å². The monoisotopic (exact) mass is 291 g/mol. The molecule has 1 aliphatic heterocycles. The Morgan fingerprint density at radius 1 is 1.29 bits per heavy atom. The van der Waals surface area contributed by atoms with E-state index in [-0.39, 0.29) is 5.54 Å². The molecule has 1 atom stereocenters. The standard InChI is InChI=1S/C18H33N3/c1-4-18(5-2)11-13-21(15-18)12-7-6-10-17(3,14-19)20-16-8-9-16/h16,20H,4-13,15H2,1-3H3. The van der Waals surface area contributed by atoms with E-state index in [0.29, 0.717) is 11.5 Å². The fourth-order valence-electron chi connectivity index (χ4n) is 3.70. The van der Waals surface area contributed by atoms with E-state index >= 15 is 0 Å². The van der Waals surface area contributed by atoms with Crippen LogP contribution in [-0.2, 0) is 0 Å². The number of rotatable bonds is 9. The Morgan fingerprint density at radius 2 is 2.00 bits per heavy atom. The van der Waals surface area contributed by atoms with Crippen molar-refractivity contribution in [3.05, 3.63) is 0 Å². The van der Waals surface area contributed by atoms with Crippen LogP contribution in [0, 0.1) is 16.7 Å². The third kappa shape index (κ3) is 4.69. The fraction of sp³-hybridized carbons (Fsp3) is 0.944. The highest BCUT2D eigenvalue weighted by Crippen LogP contribution is 2.37. The molecule has 0 radical (unpaired) electrons. The number of nitrogens with zero attached hydrogens (tertiary/aromatic N) is 2. The van der Waals surface area contributed by atoms with Gasteiger partial charge >= 0.3 is 0 Å². The highest BCUT2D eigenvalue weighted by molar-refractivity contribution is 5.06. The SMILES string of the molecule is CCC1(CC)CCN(CCCCC(C)(C#N)NC2CC2)C1. The Morgan fingerprint density at radius 3 is 2.52 bits per heavy atom. The van der Waals surface area contributed by atoms with Crippen LogP contribution >= 0.6 is 0 Å². The number of hydrogen-bond acceptors (Lipinski definition) is 3. The van der Waals surface area contributed by atoms with Gasteiger partial charge in [0.15, 0.2) is 0 Å². The van der Waals surface area contributed by atoms with Crippen LogP contribution in [0.3, 0.4) is 0 Å². The highest BCUT2D eigenvalue weighted by Gasteiger charge is 2.35. The average molecular weight is 291 g/mol. The Hall–Kier alpha value is -0.590. The lowest BCUT2D eigenvalue weighted by atomic mass is 9.82. The molecule has 1 heterocycles. The van der Waals surface area contributed by atoms with Crippen LogP contribution < -0.4 is 5.32 Å². The summed E-state index contributed by atoms with van der Waals surface area (Å²) in [6.45, 7) is 10.5. The molecule has 0 bridgehead atoms. The number of nitrogens with one attached hydrogen (secondary N) is 1. The third-order valence-corrected chi connectivity index (χ3v) is 5.77. The lowest BCUT2D eigenvalue weighted by Gasteiger charge is -2.27. The number of nitriles is 1. The molecule has 0 aromatic carbocycles. The van der Waals surface area contributed by atoms with Crippen molar-refractivity contribution in [2.45, 2.75) is 83.7 Å². The molecule has 0 amide bonds. The summed E-state index contributed by atoms with van der Waals surface area (Å²) in [5.41, 5.74) is 0.289. The zero-order valence-corrected chi connectivity index (χ0v) is 14.2. The molecule has 1 saturated heterocycles. The van der Waals surface area contributed by atoms with Gasteiger partial charge in [-0.3, -0.25) is 5.32 Å². The van der Waals surface area contributed by atoms with Crippen molar-refractivity contribution in [2.24, 2.45) is 5.41 Å². The maximum Gasteiger partial charge on any atom is 0.104 e. The minimum absolute atomic E-state index is 0.303. The Kier molecular flexibility index (Phi) is 5.68. The fourth-order valence-corrected chi connectivity index (χ4v) is 3.70. The van der Waals surface area contributed by atoms with Gasteiger partial charge in [-0.15, -0.1) is 0 Å². The number of unbranched alkanes of at least 4 members (excludes halogenated alkanes) is 1. The molecule has 1 saturated carbocycles. The summed E-state index contributed by atoms with van der Waals surface area (Å²) in [4.78, 5) is 2.64. The van der Waals surface area contributed by atoms with Gasteiger partial charge in [0.25, 0.3) is 0 Å². The first kappa shape index (κ1) is 16.8. The van der Waals surface area contributed by atoms with Gasteiger partial charge in [-0.25, -0.2) is 0 Å². The summed E-state index contributed by atoms with van der Waals surface area (Å²) in [6.07, 6.45) is 9.89. The molecule has 1 unspecified atom stereocenters. The normalized spacial score (nSPS) is 24.7. The summed E-state index contributed by atoms with van der Waals surface area (Å²) in [5.74, 6) is 0. The largest absolute Gasteiger partial charge is 0.303 e. The lowest BCUT2D eigenvalue weighted by molar-refractivity contribution is 0.236. The van der Waals surface area contributed by atoms with Crippen LogP contribution in [0.1, 0.15) is 72.1 Å². The molecule has 0 aromatic heterocycles. The Bertz CT molecular complexity index is 365. The van der Waals surface area contributed by atoms with Crippen LogP contribution in [-0.4, -0.2) is 36.1 Å². The molecule has 2 aliphatic rings. The van der Waals surface area contributed by atoms with Crippen LogP contribution in [0.5, 0.6) is 0 Å². The second-order valence-corrected chi connectivity index (χ2v) is 7.55. The first-order chi connectivity index (χ1) is 10.0. The van der Waals surface area contributed by atoms with Gasteiger partial charge in [-0.1, -0.05) is 13.8 Å². The summed E-state index contributed by atoms with van der Waals surface area (Å²) < 4.78 is 0. The van der Waals surface area contributed by atoms with Crippen LogP contribution in [0.2, 0.25) is 0 Å². The van der Waals surface area contributed by atoms with Gasteiger partial charge in [0.2, 0.25) is 0 Å². The van der Waals surface area contributed by atoms with Crippen molar-refractivity contribution < 1.29 is 0 Å². The van der Waals surface area contributed by atoms with Crippen molar-refractivity contribution in [3.8, 4) is 6.07 Å². The van der Waals surface area contributed by atoms with Gasteiger partial charge < -0.3 is 4.90 Å². The Balaban J connectivity index is 1.64. The van der Waals surface area contributed by atoms with Gasteiger partial charge in [-0.2, -0.15) is 5.26 Å². The molecule has 21 heavy (non-hydrogen) atoms. The van der Waals surface area contributed by atoms with Crippen LogP contribution in [0.4, 0.5) is 0 Å². The molecule has 0 aromatic rings. The lowest BCUT2D eigenvalue weighted by Crippen LogP contribution is -2.42. The minimum atomic E-state index is -0.303. The summed E-state index contributed by atoms with van der Waals surface area (Å²) >= 11 is 0. The molecule has 3 nitrogen and oxygen atoms in total. The molecule has 2 fully saturated rings. The van der Waals surface area contributed by atoms with E-state index in [0.717, 1.165) is 12.8 Å². The van der Waals surface area contributed by atoms with Crippen molar-refractivity contribution in [2.75, 3.05) is 19.6 Å². The molecular formula is C18H33N3. The third-order valence-electron chi connectivity index (χ3n) is 5.77. The maximum absolute atomic E-state index is 9.38. The second-order valence-electron chi connectivity index (χ2n) is 7.55. The molecule has 3 heteroatoms. The average Bonchev–Trinajstić information content (AvgIpc) is 3.21. The zero-order chi connectivity index (χ0) is 15.3. The smallest absolute Gasteiger partial charge is 0.104 e. The topological polar surface area (TPSA) is 39.1 Å². The van der Waals surface area contributed by atoms with Gasteiger partial charge in [-0.05, 0) is 76.8 Å². The molecule has 1 N–H and O–H groups in total. The number of hydrogen-bond donors (Lipinski definition) is 1. The predicted octanol–water partition coefficient (Wildman–Crippen LogP) is 3.70. The molecular weight excluding hydrogens is 258 g/mol. The van der Waals surface area contributed by atoms with E-state index in [4.69, 9.17) is 0 Å². The summed E-state index contributed by atoms with van der Waals surface area (Å²) in [6, 6.07) is 3.10. The van der Waals surface area contributed by atoms with E-state index in [1.807, 2.05) is 0 Å². The van der Waals surface area contributed by atoms with Crippen LogP contribution in [0.25, 0.3) is 0 Å². The van der Waals surface area contributed by atoms with Gasteiger partial charge in [0, 0.05) is 12.6 Å². The van der Waals surface area contributed by atoms with Gasteiger partial charge in [0.1, 0.15) is 5.54 Å². The second kappa shape index (κ2) is 7.11. The maximum atomic E-state index is 9.38. The molecule has 0 spiro atoms. The van der Waals surface area contributed by atoms with Crippen molar-refractivity contribution in [1.82, 2.24) is 10.2 Å². The molecule has 2 rings (SSSR count). The zero-order valence-electron chi connectivity index (χ0n) is 14.2.